The predicted molar refractivity (Wildman–Crippen MR) is 94.5 cm³/mol. The second-order valence-electron chi connectivity index (χ2n) is 4.47. The van der Waals surface area contributed by atoms with E-state index in [0.717, 1.165) is 14.9 Å². The van der Waals surface area contributed by atoms with E-state index in [9.17, 15) is 8.42 Å². The molecule has 2 aromatic rings. The molecule has 112 valence electrons. The van der Waals surface area contributed by atoms with Crippen LogP contribution in [-0.2, 0) is 16.4 Å². The number of sulfonamides is 1. The normalized spacial score (nSPS) is 11.3. The number of hydrogen-bond acceptors (Lipinski definition) is 4. The number of anilines is 1. The zero-order valence-electron chi connectivity index (χ0n) is 11.1. The van der Waals surface area contributed by atoms with E-state index in [4.69, 9.17) is 18.0 Å². The minimum Gasteiger partial charge on any atom is -0.393 e. The third-order valence-corrected chi connectivity index (χ3v) is 6.82. The van der Waals surface area contributed by atoms with Crippen LogP contribution in [0.3, 0.4) is 0 Å². The average molecular weight is 405 g/mol. The standard InChI is InChI=1S/C13H13BrN2O2S3/c1-8-6-12(20-13(8)14)21(17,18)16-10-4-2-9(3-5-10)7-11(15)19/h2-6,16H,7H2,1H3,(H2,15,19). The Hall–Kier alpha value is -0.960. The van der Waals surface area contributed by atoms with Crippen LogP contribution in [0.1, 0.15) is 11.1 Å². The van der Waals surface area contributed by atoms with Gasteiger partial charge in [-0.15, -0.1) is 11.3 Å². The number of halogens is 1. The number of benzene rings is 1. The van der Waals surface area contributed by atoms with Crippen molar-refractivity contribution in [2.45, 2.75) is 17.6 Å². The average Bonchev–Trinajstić information content (AvgIpc) is 2.72. The summed E-state index contributed by atoms with van der Waals surface area (Å²) in [4.78, 5) is 0.405. The number of thiocarbonyl (C=S) groups is 1. The van der Waals surface area contributed by atoms with Crippen LogP contribution in [0, 0.1) is 6.92 Å². The summed E-state index contributed by atoms with van der Waals surface area (Å²) in [7, 11) is -3.56. The molecule has 0 spiro atoms. The molecule has 0 saturated carbocycles. The Morgan fingerprint density at radius 2 is 2.00 bits per heavy atom. The van der Waals surface area contributed by atoms with Crippen LogP contribution in [0.25, 0.3) is 0 Å². The summed E-state index contributed by atoms with van der Waals surface area (Å²) in [5.41, 5.74) is 7.82. The molecule has 4 nitrogen and oxygen atoms in total. The maximum Gasteiger partial charge on any atom is 0.271 e. The summed E-state index contributed by atoms with van der Waals surface area (Å²) in [5.74, 6) is 0. The van der Waals surface area contributed by atoms with E-state index in [2.05, 4.69) is 20.7 Å². The van der Waals surface area contributed by atoms with Gasteiger partial charge in [-0.3, -0.25) is 4.72 Å². The molecule has 0 amide bonds. The SMILES string of the molecule is Cc1cc(S(=O)(=O)Nc2ccc(CC(N)=S)cc2)sc1Br. The number of nitrogens with one attached hydrogen (secondary N) is 1. The van der Waals surface area contributed by atoms with Crippen molar-refractivity contribution in [1.29, 1.82) is 0 Å². The van der Waals surface area contributed by atoms with Gasteiger partial charge in [0.15, 0.2) is 0 Å². The highest BCUT2D eigenvalue weighted by Crippen LogP contribution is 2.31. The maximum atomic E-state index is 12.3. The van der Waals surface area contributed by atoms with E-state index in [1.54, 1.807) is 30.3 Å². The second-order valence-corrected chi connectivity index (χ2v) is 9.27. The third kappa shape index (κ3) is 4.26. The molecule has 0 fully saturated rings. The van der Waals surface area contributed by atoms with Crippen molar-refractivity contribution >= 4 is 60.2 Å². The molecule has 0 aliphatic heterocycles. The highest BCUT2D eigenvalue weighted by atomic mass is 79.9. The first-order valence-corrected chi connectivity index (χ1v) is 9.44. The fraction of sp³-hybridized carbons (Fsp3) is 0.154. The fourth-order valence-corrected chi connectivity index (χ4v) is 5.11. The van der Waals surface area contributed by atoms with Gasteiger partial charge in [-0.05, 0) is 52.2 Å². The number of rotatable bonds is 5. The third-order valence-electron chi connectivity index (χ3n) is 2.68. The van der Waals surface area contributed by atoms with Crippen molar-refractivity contribution in [3.05, 3.63) is 45.2 Å². The zero-order chi connectivity index (χ0) is 15.6. The summed E-state index contributed by atoms with van der Waals surface area (Å²) < 4.78 is 28.2. The molecule has 0 aliphatic rings. The molecule has 0 radical (unpaired) electrons. The van der Waals surface area contributed by atoms with Crippen molar-refractivity contribution in [2.24, 2.45) is 5.73 Å². The van der Waals surface area contributed by atoms with E-state index in [-0.39, 0.29) is 4.21 Å². The van der Waals surface area contributed by atoms with Gasteiger partial charge in [0.25, 0.3) is 10.0 Å². The number of nitrogens with two attached hydrogens (primary N) is 1. The van der Waals surface area contributed by atoms with Gasteiger partial charge in [0, 0.05) is 12.1 Å². The molecule has 0 bridgehead atoms. The first-order chi connectivity index (χ1) is 9.78. The Labute approximate surface area is 141 Å². The molecule has 1 heterocycles. The smallest absolute Gasteiger partial charge is 0.271 e. The lowest BCUT2D eigenvalue weighted by molar-refractivity contribution is 0.603. The fourth-order valence-electron chi connectivity index (χ4n) is 1.66. The van der Waals surface area contributed by atoms with E-state index < -0.39 is 10.0 Å². The molecule has 0 aliphatic carbocycles. The van der Waals surface area contributed by atoms with Crippen molar-refractivity contribution in [2.75, 3.05) is 4.72 Å². The highest BCUT2D eigenvalue weighted by Gasteiger charge is 2.18. The Morgan fingerprint density at radius 1 is 1.38 bits per heavy atom. The summed E-state index contributed by atoms with van der Waals surface area (Å²) >= 11 is 9.35. The molecular formula is C13H13BrN2O2S3. The summed E-state index contributed by atoms with van der Waals surface area (Å²) in [6.07, 6.45) is 0.499. The van der Waals surface area contributed by atoms with Crippen LogP contribution < -0.4 is 10.5 Å². The van der Waals surface area contributed by atoms with Gasteiger partial charge < -0.3 is 5.73 Å². The molecule has 21 heavy (non-hydrogen) atoms. The van der Waals surface area contributed by atoms with Gasteiger partial charge in [0.1, 0.15) is 4.21 Å². The van der Waals surface area contributed by atoms with Gasteiger partial charge in [0.2, 0.25) is 0 Å². The molecule has 3 N–H and O–H groups in total. The van der Waals surface area contributed by atoms with Crippen molar-refractivity contribution in [3.8, 4) is 0 Å². The van der Waals surface area contributed by atoms with Crippen LogP contribution in [0.4, 0.5) is 5.69 Å². The lowest BCUT2D eigenvalue weighted by atomic mass is 10.1. The number of aryl methyl sites for hydroxylation is 1. The van der Waals surface area contributed by atoms with Crippen LogP contribution in [0.15, 0.2) is 38.3 Å². The largest absolute Gasteiger partial charge is 0.393 e. The molecular weight excluding hydrogens is 392 g/mol. The lowest BCUT2D eigenvalue weighted by Gasteiger charge is -2.07. The van der Waals surface area contributed by atoms with Crippen LogP contribution >= 0.6 is 39.5 Å². The monoisotopic (exact) mass is 404 g/mol. The lowest BCUT2D eigenvalue weighted by Crippen LogP contribution is -2.12. The van der Waals surface area contributed by atoms with E-state index in [0.29, 0.717) is 17.1 Å². The van der Waals surface area contributed by atoms with Gasteiger partial charge in [-0.25, -0.2) is 8.42 Å². The molecule has 1 aromatic carbocycles. The topological polar surface area (TPSA) is 72.2 Å². The Morgan fingerprint density at radius 3 is 2.48 bits per heavy atom. The van der Waals surface area contributed by atoms with E-state index in [1.807, 2.05) is 6.92 Å². The molecule has 0 unspecified atom stereocenters. The Kier molecular flexibility index (Phi) is 5.03. The second kappa shape index (κ2) is 6.43. The van der Waals surface area contributed by atoms with Crippen molar-refractivity contribution in [1.82, 2.24) is 0 Å². The minimum atomic E-state index is -3.56. The summed E-state index contributed by atoms with van der Waals surface area (Å²) in [5, 5.41) is 0. The van der Waals surface area contributed by atoms with Crippen LogP contribution in [-0.4, -0.2) is 13.4 Å². The number of thiophene rings is 1. The van der Waals surface area contributed by atoms with Crippen LogP contribution in [0.2, 0.25) is 0 Å². The quantitative estimate of drug-likeness (QED) is 0.748. The predicted octanol–water partition coefficient (Wildman–Crippen LogP) is 3.45. The molecule has 1 aromatic heterocycles. The van der Waals surface area contributed by atoms with Gasteiger partial charge in [-0.2, -0.15) is 0 Å². The van der Waals surface area contributed by atoms with E-state index >= 15 is 0 Å². The molecule has 0 saturated heterocycles. The Balaban J connectivity index is 2.18. The van der Waals surface area contributed by atoms with Crippen LogP contribution in [0.5, 0.6) is 0 Å². The van der Waals surface area contributed by atoms with Gasteiger partial charge in [0.05, 0.1) is 8.77 Å². The maximum absolute atomic E-state index is 12.3. The summed E-state index contributed by atoms with van der Waals surface area (Å²) in [6.45, 7) is 1.85. The molecule has 0 atom stereocenters. The Bertz CT molecular complexity index is 748. The minimum absolute atomic E-state index is 0.277. The zero-order valence-corrected chi connectivity index (χ0v) is 15.1. The van der Waals surface area contributed by atoms with Crippen molar-refractivity contribution < 1.29 is 8.42 Å². The van der Waals surface area contributed by atoms with Gasteiger partial charge >= 0.3 is 0 Å². The first-order valence-electron chi connectivity index (χ1n) is 5.94. The summed E-state index contributed by atoms with van der Waals surface area (Å²) in [6, 6.07) is 8.62. The number of hydrogen-bond donors (Lipinski definition) is 2. The van der Waals surface area contributed by atoms with Crippen molar-refractivity contribution in [3.63, 3.8) is 0 Å². The first kappa shape index (κ1) is 16.4. The van der Waals surface area contributed by atoms with Gasteiger partial charge in [-0.1, -0.05) is 24.4 Å². The highest BCUT2D eigenvalue weighted by molar-refractivity contribution is 9.11. The molecule has 8 heteroatoms. The van der Waals surface area contributed by atoms with E-state index in [1.165, 1.54) is 11.3 Å². The molecule has 2 rings (SSSR count).